The molecule has 2 aliphatic rings. The molecule has 0 saturated heterocycles. The molecule has 0 N–H and O–H groups in total. The highest BCUT2D eigenvalue weighted by atomic mass is 16.7. The first-order valence-electron chi connectivity index (χ1n) is 7.19. The zero-order chi connectivity index (χ0) is 14.4. The van der Waals surface area contributed by atoms with Gasteiger partial charge in [-0.05, 0) is 44.8 Å². The summed E-state index contributed by atoms with van der Waals surface area (Å²) in [6, 6.07) is 0. The molecule has 0 heterocycles. The fraction of sp³-hybridized carbons (Fsp3) is 0.562. The van der Waals surface area contributed by atoms with Crippen molar-refractivity contribution in [2.24, 2.45) is 0 Å². The molecule has 0 radical (unpaired) electrons. The highest BCUT2D eigenvalue weighted by molar-refractivity contribution is 5.86. The summed E-state index contributed by atoms with van der Waals surface area (Å²) in [7, 11) is 0. The van der Waals surface area contributed by atoms with Crippen LogP contribution in [-0.2, 0) is 19.0 Å². The quantitative estimate of drug-likeness (QED) is 0.405. The summed E-state index contributed by atoms with van der Waals surface area (Å²) in [4.78, 5) is 11.5. The third kappa shape index (κ3) is 4.44. The topological polar surface area (TPSA) is 44.8 Å². The monoisotopic (exact) mass is 278 g/mol. The number of allylic oxidation sites excluding steroid dienone is 4. The first-order valence-corrected chi connectivity index (χ1v) is 7.19. The number of rotatable bonds is 7. The first kappa shape index (κ1) is 14.7. The van der Waals surface area contributed by atoms with Crippen LogP contribution in [-0.4, -0.2) is 18.9 Å². The Labute approximate surface area is 120 Å². The van der Waals surface area contributed by atoms with Gasteiger partial charge >= 0.3 is 5.97 Å². The Balaban J connectivity index is 1.88. The molecule has 0 bridgehead atoms. The molecule has 0 unspecified atom stereocenters. The summed E-state index contributed by atoms with van der Waals surface area (Å²) in [6.45, 7) is 5.27. The van der Waals surface area contributed by atoms with Gasteiger partial charge in [0, 0.05) is 18.4 Å². The van der Waals surface area contributed by atoms with E-state index in [1.54, 1.807) is 6.92 Å². The van der Waals surface area contributed by atoms with Crippen LogP contribution in [0.3, 0.4) is 0 Å². The molecule has 2 aliphatic carbocycles. The average molecular weight is 278 g/mol. The Bertz CT molecular complexity index is 408. The van der Waals surface area contributed by atoms with Crippen molar-refractivity contribution < 1.29 is 19.0 Å². The highest BCUT2D eigenvalue weighted by Crippen LogP contribution is 2.24. The second kappa shape index (κ2) is 7.17. The van der Waals surface area contributed by atoms with E-state index in [1.165, 1.54) is 0 Å². The van der Waals surface area contributed by atoms with Crippen molar-refractivity contribution in [2.75, 3.05) is 6.61 Å². The second-order valence-electron chi connectivity index (χ2n) is 5.17. The molecule has 0 spiro atoms. The van der Waals surface area contributed by atoms with E-state index in [0.29, 0.717) is 5.57 Å². The lowest BCUT2D eigenvalue weighted by Gasteiger charge is -2.21. The van der Waals surface area contributed by atoms with Crippen LogP contribution in [0.4, 0.5) is 0 Å². The summed E-state index contributed by atoms with van der Waals surface area (Å²) in [5.41, 5.74) is 0.379. The summed E-state index contributed by atoms with van der Waals surface area (Å²) in [5.74, 6) is 1.45. The molecule has 110 valence electrons. The zero-order valence-corrected chi connectivity index (χ0v) is 12.0. The van der Waals surface area contributed by atoms with Crippen LogP contribution >= 0.6 is 0 Å². The highest BCUT2D eigenvalue weighted by Gasteiger charge is 2.20. The van der Waals surface area contributed by atoms with Gasteiger partial charge < -0.3 is 14.2 Å². The van der Waals surface area contributed by atoms with Crippen LogP contribution in [0, 0.1) is 0 Å². The Morgan fingerprint density at radius 1 is 1.20 bits per heavy atom. The summed E-state index contributed by atoms with van der Waals surface area (Å²) in [5, 5.41) is 0. The van der Waals surface area contributed by atoms with Crippen LogP contribution < -0.4 is 0 Å². The van der Waals surface area contributed by atoms with Crippen molar-refractivity contribution >= 4 is 5.97 Å². The first-order chi connectivity index (χ1) is 9.65. The minimum Gasteiger partial charge on any atom is -0.456 e. The lowest BCUT2D eigenvalue weighted by atomic mass is 10.3. The number of hydrogen-bond acceptors (Lipinski definition) is 4. The molecule has 2 rings (SSSR count). The minimum absolute atomic E-state index is 0.0837. The molecule has 0 aromatic carbocycles. The zero-order valence-electron chi connectivity index (χ0n) is 12.0. The predicted octanol–water partition coefficient (Wildman–Crippen LogP) is 3.60. The fourth-order valence-corrected chi connectivity index (χ4v) is 2.19. The molecule has 0 saturated carbocycles. The van der Waals surface area contributed by atoms with E-state index >= 15 is 0 Å². The lowest BCUT2D eigenvalue weighted by Crippen LogP contribution is -2.25. The van der Waals surface area contributed by atoms with Crippen LogP contribution in [0.5, 0.6) is 0 Å². The molecule has 0 amide bonds. The Hall–Kier alpha value is -1.71. The van der Waals surface area contributed by atoms with Crippen molar-refractivity contribution in [3.63, 3.8) is 0 Å². The maximum Gasteiger partial charge on any atom is 0.333 e. The smallest absolute Gasteiger partial charge is 0.333 e. The van der Waals surface area contributed by atoms with Crippen LogP contribution in [0.1, 0.15) is 45.4 Å². The van der Waals surface area contributed by atoms with E-state index in [0.717, 1.165) is 50.0 Å². The summed E-state index contributed by atoms with van der Waals surface area (Å²) >= 11 is 0. The molecular formula is C16H22O4. The molecule has 0 atom stereocenters. The van der Waals surface area contributed by atoms with Gasteiger partial charge in [0.15, 0.2) is 6.61 Å². The van der Waals surface area contributed by atoms with Crippen molar-refractivity contribution in [1.29, 1.82) is 0 Å². The van der Waals surface area contributed by atoms with Gasteiger partial charge in [0.25, 0.3) is 6.29 Å². The number of ether oxygens (including phenoxy) is 3. The maximum atomic E-state index is 11.5. The SMILES string of the molecule is C=C(C)C(=O)OCC(OC1=CCCC1)OC1=CCCC1. The normalized spacial score (nSPS) is 17.7. The van der Waals surface area contributed by atoms with Crippen LogP contribution in [0.15, 0.2) is 35.8 Å². The number of esters is 1. The van der Waals surface area contributed by atoms with Gasteiger partial charge in [-0.15, -0.1) is 0 Å². The molecule has 20 heavy (non-hydrogen) atoms. The third-order valence-corrected chi connectivity index (χ3v) is 3.26. The summed E-state index contributed by atoms with van der Waals surface area (Å²) in [6.07, 6.45) is 9.71. The van der Waals surface area contributed by atoms with E-state index < -0.39 is 12.3 Å². The van der Waals surface area contributed by atoms with Crippen LogP contribution in [0.25, 0.3) is 0 Å². The predicted molar refractivity (Wildman–Crippen MR) is 75.6 cm³/mol. The third-order valence-electron chi connectivity index (χ3n) is 3.26. The van der Waals surface area contributed by atoms with E-state index in [4.69, 9.17) is 14.2 Å². The van der Waals surface area contributed by atoms with E-state index in [2.05, 4.69) is 18.7 Å². The fourth-order valence-electron chi connectivity index (χ4n) is 2.19. The van der Waals surface area contributed by atoms with Crippen molar-refractivity contribution in [2.45, 2.75) is 51.7 Å². The van der Waals surface area contributed by atoms with Gasteiger partial charge in [0.2, 0.25) is 0 Å². The van der Waals surface area contributed by atoms with Gasteiger partial charge in [-0.2, -0.15) is 0 Å². The Morgan fingerprint density at radius 2 is 1.75 bits per heavy atom. The number of carbonyl (C=O) groups is 1. The largest absolute Gasteiger partial charge is 0.456 e. The van der Waals surface area contributed by atoms with Gasteiger partial charge in [0.1, 0.15) is 0 Å². The average Bonchev–Trinajstić information content (AvgIpc) is 3.08. The lowest BCUT2D eigenvalue weighted by molar-refractivity contribution is -0.159. The Morgan fingerprint density at radius 3 is 2.15 bits per heavy atom. The standard InChI is InChI=1S/C16H22O4/c1-12(2)16(17)18-11-15(19-13-7-3-4-8-13)20-14-9-5-6-10-14/h7,9,15H,1,3-6,8,10-11H2,2H3. The molecule has 0 fully saturated rings. The van der Waals surface area contributed by atoms with E-state index in [-0.39, 0.29) is 6.61 Å². The second-order valence-corrected chi connectivity index (χ2v) is 5.17. The van der Waals surface area contributed by atoms with Gasteiger partial charge in [-0.3, -0.25) is 0 Å². The molecular weight excluding hydrogens is 256 g/mol. The van der Waals surface area contributed by atoms with E-state index in [9.17, 15) is 4.79 Å². The Kier molecular flexibility index (Phi) is 5.27. The van der Waals surface area contributed by atoms with Crippen molar-refractivity contribution in [3.05, 3.63) is 35.8 Å². The molecule has 0 aliphatic heterocycles. The molecule has 4 nitrogen and oxygen atoms in total. The molecule has 0 aromatic rings. The van der Waals surface area contributed by atoms with Gasteiger partial charge in [-0.25, -0.2) is 4.79 Å². The maximum absolute atomic E-state index is 11.5. The summed E-state index contributed by atoms with van der Waals surface area (Å²) < 4.78 is 16.7. The minimum atomic E-state index is -0.563. The van der Waals surface area contributed by atoms with Crippen molar-refractivity contribution in [3.8, 4) is 0 Å². The molecule has 4 heteroatoms. The van der Waals surface area contributed by atoms with Gasteiger partial charge in [-0.1, -0.05) is 6.58 Å². The number of carbonyl (C=O) groups excluding carboxylic acids is 1. The van der Waals surface area contributed by atoms with Gasteiger partial charge in [0.05, 0.1) is 11.5 Å². The molecule has 0 aromatic heterocycles. The van der Waals surface area contributed by atoms with Crippen LogP contribution in [0.2, 0.25) is 0 Å². The number of hydrogen-bond donors (Lipinski definition) is 0. The van der Waals surface area contributed by atoms with Crippen molar-refractivity contribution in [1.82, 2.24) is 0 Å². The van der Waals surface area contributed by atoms with E-state index in [1.807, 2.05) is 0 Å².